The third-order valence-corrected chi connectivity index (χ3v) is 5.07. The van der Waals surface area contributed by atoms with Gasteiger partial charge >= 0.3 is 5.97 Å². The van der Waals surface area contributed by atoms with E-state index in [-0.39, 0.29) is 18.4 Å². The van der Waals surface area contributed by atoms with E-state index in [0.29, 0.717) is 24.3 Å². The number of aromatic nitrogens is 1. The molecule has 3 heterocycles. The van der Waals surface area contributed by atoms with Crippen LogP contribution in [0.2, 0.25) is 0 Å². The lowest BCUT2D eigenvalue weighted by Crippen LogP contribution is -2.43. The van der Waals surface area contributed by atoms with Gasteiger partial charge < -0.3 is 14.4 Å². The van der Waals surface area contributed by atoms with Crippen LogP contribution < -0.4 is 0 Å². The Bertz CT molecular complexity index is 737. The van der Waals surface area contributed by atoms with Gasteiger partial charge in [-0.15, -0.1) is 11.3 Å². The molecule has 2 aromatic rings. The molecule has 6 nitrogen and oxygen atoms in total. The van der Waals surface area contributed by atoms with Crippen LogP contribution in [0.15, 0.2) is 22.1 Å². The number of carbonyl (C=O) groups is 2. The summed E-state index contributed by atoms with van der Waals surface area (Å²) in [7, 11) is 0. The van der Waals surface area contributed by atoms with Gasteiger partial charge in [-0.3, -0.25) is 9.59 Å². The molecule has 1 aliphatic rings. The second-order valence-corrected chi connectivity index (χ2v) is 7.09. The molecule has 7 heteroatoms. The molecule has 0 spiro atoms. The van der Waals surface area contributed by atoms with E-state index in [4.69, 9.17) is 9.52 Å². The van der Waals surface area contributed by atoms with Crippen molar-refractivity contribution in [2.24, 2.45) is 0 Å². The van der Waals surface area contributed by atoms with Gasteiger partial charge in [-0.1, -0.05) is 0 Å². The Morgan fingerprint density at radius 2 is 2.29 bits per heavy atom. The zero-order valence-electron chi connectivity index (χ0n) is 13.5. The van der Waals surface area contributed by atoms with E-state index in [0.717, 1.165) is 30.0 Å². The Hall–Kier alpha value is -2.15. The number of furan rings is 1. The maximum atomic E-state index is 12.8. The molecule has 0 bridgehead atoms. The largest absolute Gasteiger partial charge is 0.481 e. The number of hydrogen-bond donors (Lipinski definition) is 1. The SMILES string of the molecule is Cc1nc(-c2cc(C(=O)N3CCCC[C@@H]3CCC(=O)O)co2)cs1. The number of hydrogen-bond acceptors (Lipinski definition) is 5. The Morgan fingerprint density at radius 1 is 1.46 bits per heavy atom. The summed E-state index contributed by atoms with van der Waals surface area (Å²) in [4.78, 5) is 29.8. The van der Waals surface area contributed by atoms with E-state index >= 15 is 0 Å². The van der Waals surface area contributed by atoms with Gasteiger partial charge in [0.05, 0.1) is 10.6 Å². The molecule has 0 aliphatic carbocycles. The maximum Gasteiger partial charge on any atom is 0.303 e. The third kappa shape index (κ3) is 3.67. The molecule has 1 fully saturated rings. The van der Waals surface area contributed by atoms with Gasteiger partial charge in [0.25, 0.3) is 5.91 Å². The highest BCUT2D eigenvalue weighted by Crippen LogP contribution is 2.27. The van der Waals surface area contributed by atoms with Gasteiger partial charge in [0.1, 0.15) is 12.0 Å². The molecule has 0 aromatic carbocycles. The first kappa shape index (κ1) is 16.7. The molecule has 0 radical (unpaired) electrons. The van der Waals surface area contributed by atoms with Crippen LogP contribution in [0.1, 0.15) is 47.5 Å². The van der Waals surface area contributed by atoms with E-state index in [1.54, 1.807) is 11.0 Å². The average Bonchev–Trinajstić information content (AvgIpc) is 3.21. The first-order valence-corrected chi connectivity index (χ1v) is 8.96. The molecule has 128 valence electrons. The predicted molar refractivity (Wildman–Crippen MR) is 90.1 cm³/mol. The number of carboxylic acid groups (broad SMARTS) is 1. The minimum Gasteiger partial charge on any atom is -0.481 e. The molecule has 1 amide bonds. The Balaban J connectivity index is 1.74. The van der Waals surface area contributed by atoms with E-state index in [2.05, 4.69) is 4.98 Å². The molecule has 3 rings (SSSR count). The second kappa shape index (κ2) is 7.17. The standard InChI is InChI=1S/C17H20N2O4S/c1-11-18-14(10-24-11)15-8-12(9-23-15)17(22)19-7-3-2-4-13(19)5-6-16(20)21/h8-10,13H,2-7H2,1H3,(H,20,21)/t13-/m1/s1. The fourth-order valence-corrected chi connectivity index (χ4v) is 3.69. The minimum absolute atomic E-state index is 0.0118. The lowest BCUT2D eigenvalue weighted by Gasteiger charge is -2.35. The molecule has 1 saturated heterocycles. The summed E-state index contributed by atoms with van der Waals surface area (Å²) < 4.78 is 5.51. The molecule has 1 aliphatic heterocycles. The van der Waals surface area contributed by atoms with Crippen LogP contribution in [0.4, 0.5) is 0 Å². The number of nitrogens with zero attached hydrogens (tertiary/aromatic N) is 2. The van der Waals surface area contributed by atoms with Crippen molar-refractivity contribution in [3.63, 3.8) is 0 Å². The molecule has 1 atom stereocenters. The van der Waals surface area contributed by atoms with Crippen molar-refractivity contribution < 1.29 is 19.1 Å². The quantitative estimate of drug-likeness (QED) is 0.893. The minimum atomic E-state index is -0.822. The summed E-state index contributed by atoms with van der Waals surface area (Å²) in [5.41, 5.74) is 1.23. The van der Waals surface area contributed by atoms with E-state index in [1.165, 1.54) is 17.6 Å². The molecule has 0 unspecified atom stereocenters. The molecule has 24 heavy (non-hydrogen) atoms. The Labute approximate surface area is 144 Å². The zero-order chi connectivity index (χ0) is 17.1. The molecular formula is C17H20N2O4S. The van der Waals surface area contributed by atoms with Crippen LogP contribution in [0.25, 0.3) is 11.5 Å². The van der Waals surface area contributed by atoms with Gasteiger partial charge in [-0.25, -0.2) is 4.98 Å². The van der Waals surface area contributed by atoms with Gasteiger partial charge in [0.2, 0.25) is 0 Å². The van der Waals surface area contributed by atoms with E-state index in [1.807, 2.05) is 12.3 Å². The molecular weight excluding hydrogens is 328 g/mol. The van der Waals surface area contributed by atoms with Crippen molar-refractivity contribution in [2.75, 3.05) is 6.54 Å². The van der Waals surface area contributed by atoms with Crippen molar-refractivity contribution in [2.45, 2.75) is 45.1 Å². The number of aliphatic carboxylic acids is 1. The first-order chi connectivity index (χ1) is 11.5. The Kier molecular flexibility index (Phi) is 4.99. The Morgan fingerprint density at radius 3 is 3.00 bits per heavy atom. The van der Waals surface area contributed by atoms with Crippen molar-refractivity contribution in [3.8, 4) is 11.5 Å². The number of aryl methyl sites for hydroxylation is 1. The second-order valence-electron chi connectivity index (χ2n) is 6.03. The van der Waals surface area contributed by atoms with Crippen molar-refractivity contribution >= 4 is 23.2 Å². The number of rotatable bonds is 5. The zero-order valence-corrected chi connectivity index (χ0v) is 14.3. The maximum absolute atomic E-state index is 12.8. The van der Waals surface area contributed by atoms with Gasteiger partial charge in [-0.2, -0.15) is 0 Å². The lowest BCUT2D eigenvalue weighted by atomic mass is 9.97. The summed E-state index contributed by atoms with van der Waals surface area (Å²) in [6.45, 7) is 2.59. The predicted octanol–water partition coefficient (Wildman–Crippen LogP) is 3.57. The average molecular weight is 348 g/mol. The third-order valence-electron chi connectivity index (χ3n) is 4.30. The topological polar surface area (TPSA) is 83.6 Å². The van der Waals surface area contributed by atoms with Crippen LogP contribution in [0, 0.1) is 6.92 Å². The van der Waals surface area contributed by atoms with Crippen LogP contribution in [0.5, 0.6) is 0 Å². The van der Waals surface area contributed by atoms with Crippen LogP contribution >= 0.6 is 11.3 Å². The summed E-state index contributed by atoms with van der Waals surface area (Å²) in [5, 5.41) is 11.7. The summed E-state index contributed by atoms with van der Waals surface area (Å²) in [5.74, 6) is -0.327. The highest BCUT2D eigenvalue weighted by atomic mass is 32.1. The van der Waals surface area contributed by atoms with E-state index < -0.39 is 5.97 Å². The molecule has 0 saturated carbocycles. The first-order valence-electron chi connectivity index (χ1n) is 8.08. The molecule has 1 N–H and O–H groups in total. The normalized spacial score (nSPS) is 17.9. The van der Waals surface area contributed by atoms with Crippen LogP contribution in [0.3, 0.4) is 0 Å². The van der Waals surface area contributed by atoms with Crippen LogP contribution in [-0.2, 0) is 4.79 Å². The van der Waals surface area contributed by atoms with Gasteiger partial charge in [0, 0.05) is 24.4 Å². The molecule has 2 aromatic heterocycles. The van der Waals surface area contributed by atoms with Crippen molar-refractivity contribution in [1.29, 1.82) is 0 Å². The van der Waals surface area contributed by atoms with Crippen molar-refractivity contribution in [1.82, 2.24) is 9.88 Å². The summed E-state index contributed by atoms with van der Waals surface area (Å²) in [6.07, 6.45) is 4.89. The van der Waals surface area contributed by atoms with Gasteiger partial charge in [-0.05, 0) is 38.7 Å². The number of carboxylic acids is 1. The van der Waals surface area contributed by atoms with Crippen LogP contribution in [-0.4, -0.2) is 39.5 Å². The van der Waals surface area contributed by atoms with Gasteiger partial charge in [0.15, 0.2) is 5.76 Å². The summed E-state index contributed by atoms with van der Waals surface area (Å²) >= 11 is 1.53. The smallest absolute Gasteiger partial charge is 0.303 e. The number of carbonyl (C=O) groups excluding carboxylic acids is 1. The van der Waals surface area contributed by atoms with Crippen molar-refractivity contribution in [3.05, 3.63) is 28.3 Å². The summed E-state index contributed by atoms with van der Waals surface area (Å²) in [6, 6.07) is 1.71. The number of likely N-dealkylation sites (tertiary alicyclic amines) is 1. The van der Waals surface area contributed by atoms with E-state index in [9.17, 15) is 9.59 Å². The highest BCUT2D eigenvalue weighted by Gasteiger charge is 2.28. The fraction of sp³-hybridized carbons (Fsp3) is 0.471. The number of thiazole rings is 1. The fourth-order valence-electron chi connectivity index (χ4n) is 3.08. The lowest BCUT2D eigenvalue weighted by molar-refractivity contribution is -0.137. The highest BCUT2D eigenvalue weighted by molar-refractivity contribution is 7.09. The number of amides is 1. The number of piperidine rings is 1. The monoisotopic (exact) mass is 348 g/mol.